The summed E-state index contributed by atoms with van der Waals surface area (Å²) in [7, 11) is 0. The summed E-state index contributed by atoms with van der Waals surface area (Å²) in [6.07, 6.45) is 0.0202. The second-order valence-corrected chi connectivity index (χ2v) is 6.35. The Labute approximate surface area is 147 Å². The lowest BCUT2D eigenvalue weighted by atomic mass is 9.94. The Hall–Kier alpha value is -2.65. The van der Waals surface area contributed by atoms with Crippen LogP contribution >= 0.6 is 0 Å². The molecule has 1 aliphatic rings. The molecule has 0 N–H and O–H groups in total. The van der Waals surface area contributed by atoms with Crippen molar-refractivity contribution in [3.05, 3.63) is 102 Å². The minimum atomic E-state index is -0.302. The van der Waals surface area contributed by atoms with Gasteiger partial charge in [0.2, 0.25) is 0 Å². The van der Waals surface area contributed by atoms with Gasteiger partial charge in [-0.1, -0.05) is 72.8 Å². The van der Waals surface area contributed by atoms with Crippen molar-refractivity contribution in [2.24, 2.45) is 0 Å². The van der Waals surface area contributed by atoms with Crippen LogP contribution in [0.15, 0.2) is 84.9 Å². The molecule has 0 unspecified atom stereocenters. The fourth-order valence-corrected chi connectivity index (χ4v) is 3.36. The average Bonchev–Trinajstić information content (AvgIpc) is 2.63. The molecule has 4 rings (SSSR count). The van der Waals surface area contributed by atoms with Crippen molar-refractivity contribution >= 4 is 0 Å². The second-order valence-electron chi connectivity index (χ2n) is 6.35. The lowest BCUT2D eigenvalue weighted by molar-refractivity contribution is -0.00168. The number of hydrogen-bond donors (Lipinski definition) is 0. The molecule has 0 atom stereocenters. The summed E-state index contributed by atoms with van der Waals surface area (Å²) in [4.78, 5) is 2.37. The van der Waals surface area contributed by atoms with Crippen LogP contribution in [-0.4, -0.2) is 24.1 Å². The molecule has 126 valence electrons. The van der Waals surface area contributed by atoms with Crippen LogP contribution in [0.5, 0.6) is 5.75 Å². The highest BCUT2D eigenvalue weighted by atomic mass is 19.1. The number of halogens is 1. The molecular formula is C22H20FNO. The summed E-state index contributed by atoms with van der Waals surface area (Å²) in [6, 6.07) is 27.7. The molecule has 3 heteroatoms. The molecule has 1 saturated heterocycles. The van der Waals surface area contributed by atoms with E-state index in [9.17, 15) is 4.39 Å². The van der Waals surface area contributed by atoms with Crippen LogP contribution in [0.1, 0.15) is 17.2 Å². The van der Waals surface area contributed by atoms with Crippen LogP contribution in [0, 0.1) is 5.82 Å². The van der Waals surface area contributed by atoms with Crippen molar-refractivity contribution in [2.75, 3.05) is 13.1 Å². The van der Waals surface area contributed by atoms with Crippen LogP contribution in [-0.2, 0) is 0 Å². The van der Waals surface area contributed by atoms with Crippen molar-refractivity contribution in [1.29, 1.82) is 0 Å². The van der Waals surface area contributed by atoms with Gasteiger partial charge in [-0.25, -0.2) is 4.39 Å². The molecule has 1 heterocycles. The van der Waals surface area contributed by atoms with E-state index in [2.05, 4.69) is 53.4 Å². The van der Waals surface area contributed by atoms with Crippen molar-refractivity contribution in [1.82, 2.24) is 4.90 Å². The first-order valence-electron chi connectivity index (χ1n) is 8.56. The van der Waals surface area contributed by atoms with Gasteiger partial charge >= 0.3 is 0 Å². The molecule has 0 saturated carbocycles. The third-order valence-corrected chi connectivity index (χ3v) is 4.60. The highest BCUT2D eigenvalue weighted by molar-refractivity contribution is 5.33. The molecule has 2 nitrogen and oxygen atoms in total. The Kier molecular flexibility index (Phi) is 4.49. The summed E-state index contributed by atoms with van der Waals surface area (Å²) < 4.78 is 19.6. The predicted octanol–water partition coefficient (Wildman–Crippen LogP) is 4.68. The van der Waals surface area contributed by atoms with Crippen LogP contribution in [0.4, 0.5) is 4.39 Å². The number of nitrogens with zero attached hydrogens (tertiary/aromatic N) is 1. The van der Waals surface area contributed by atoms with Gasteiger partial charge in [0.15, 0.2) is 11.6 Å². The molecule has 1 fully saturated rings. The zero-order chi connectivity index (χ0) is 17.1. The molecule has 1 aliphatic heterocycles. The van der Waals surface area contributed by atoms with Crippen molar-refractivity contribution in [3.8, 4) is 5.75 Å². The highest BCUT2D eigenvalue weighted by Gasteiger charge is 2.35. The monoisotopic (exact) mass is 333 g/mol. The minimum Gasteiger partial charge on any atom is -0.485 e. The number of para-hydroxylation sites is 1. The van der Waals surface area contributed by atoms with Gasteiger partial charge in [0.1, 0.15) is 6.10 Å². The molecule has 3 aromatic carbocycles. The standard InChI is InChI=1S/C22H20FNO/c23-20-13-7-8-14-21(20)25-19-15-24(16-19)22(17-9-3-1-4-10-17)18-11-5-2-6-12-18/h1-14,19,22H,15-16H2. The van der Waals surface area contributed by atoms with Crippen LogP contribution in [0.25, 0.3) is 0 Å². The number of benzene rings is 3. The van der Waals surface area contributed by atoms with E-state index in [1.54, 1.807) is 18.2 Å². The first kappa shape index (κ1) is 15.9. The maximum Gasteiger partial charge on any atom is 0.165 e. The van der Waals surface area contributed by atoms with E-state index in [0.29, 0.717) is 5.75 Å². The third kappa shape index (κ3) is 3.42. The molecule has 0 amide bonds. The fourth-order valence-electron chi connectivity index (χ4n) is 3.36. The maximum atomic E-state index is 13.8. The van der Waals surface area contributed by atoms with E-state index < -0.39 is 0 Å². The van der Waals surface area contributed by atoms with Crippen molar-refractivity contribution in [3.63, 3.8) is 0 Å². The van der Waals surface area contributed by atoms with E-state index in [-0.39, 0.29) is 18.0 Å². The zero-order valence-corrected chi connectivity index (χ0v) is 13.9. The van der Waals surface area contributed by atoms with Gasteiger partial charge in [0.25, 0.3) is 0 Å². The molecule has 0 radical (unpaired) electrons. The maximum absolute atomic E-state index is 13.8. The van der Waals surface area contributed by atoms with E-state index in [4.69, 9.17) is 4.74 Å². The van der Waals surface area contributed by atoms with Crippen LogP contribution in [0.3, 0.4) is 0 Å². The smallest absolute Gasteiger partial charge is 0.165 e. The topological polar surface area (TPSA) is 12.5 Å². The average molecular weight is 333 g/mol. The highest BCUT2D eigenvalue weighted by Crippen LogP contribution is 2.33. The van der Waals surface area contributed by atoms with Crippen molar-refractivity contribution in [2.45, 2.75) is 12.1 Å². The van der Waals surface area contributed by atoms with E-state index in [1.165, 1.54) is 17.2 Å². The first-order chi connectivity index (χ1) is 12.3. The lowest BCUT2D eigenvalue weighted by Crippen LogP contribution is -2.55. The second kappa shape index (κ2) is 7.08. The molecular weight excluding hydrogens is 313 g/mol. The molecule has 0 aromatic heterocycles. The number of ether oxygens (including phenoxy) is 1. The van der Waals surface area contributed by atoms with Gasteiger partial charge in [-0.05, 0) is 23.3 Å². The summed E-state index contributed by atoms with van der Waals surface area (Å²) >= 11 is 0. The zero-order valence-electron chi connectivity index (χ0n) is 13.9. The number of rotatable bonds is 5. The van der Waals surface area contributed by atoms with Crippen LogP contribution < -0.4 is 4.74 Å². The number of likely N-dealkylation sites (tertiary alicyclic amines) is 1. The Bertz CT molecular complexity index is 776. The fraction of sp³-hybridized carbons (Fsp3) is 0.182. The first-order valence-corrected chi connectivity index (χ1v) is 8.56. The third-order valence-electron chi connectivity index (χ3n) is 4.60. The Morgan fingerprint density at radius 1 is 0.760 bits per heavy atom. The van der Waals surface area contributed by atoms with Crippen LogP contribution in [0.2, 0.25) is 0 Å². The summed E-state index contributed by atoms with van der Waals surface area (Å²) in [6.45, 7) is 1.56. The lowest BCUT2D eigenvalue weighted by Gasteiger charge is -2.44. The Balaban J connectivity index is 1.50. The largest absolute Gasteiger partial charge is 0.485 e. The van der Waals surface area contributed by atoms with Gasteiger partial charge < -0.3 is 4.74 Å². The summed E-state index contributed by atoms with van der Waals surface area (Å²) in [5.74, 6) is 0.0340. The van der Waals surface area contributed by atoms with Crippen molar-refractivity contribution < 1.29 is 9.13 Å². The number of hydrogen-bond acceptors (Lipinski definition) is 2. The SMILES string of the molecule is Fc1ccccc1OC1CN(C(c2ccccc2)c2ccccc2)C1. The Morgan fingerprint density at radius 3 is 1.84 bits per heavy atom. The van der Waals surface area contributed by atoms with E-state index >= 15 is 0 Å². The molecule has 0 bridgehead atoms. The molecule has 0 aliphatic carbocycles. The van der Waals surface area contributed by atoms with Gasteiger partial charge in [0, 0.05) is 13.1 Å². The predicted molar refractivity (Wildman–Crippen MR) is 97.1 cm³/mol. The Morgan fingerprint density at radius 2 is 1.28 bits per heavy atom. The van der Waals surface area contributed by atoms with Gasteiger partial charge in [-0.2, -0.15) is 0 Å². The minimum absolute atomic E-state index is 0.0202. The quantitative estimate of drug-likeness (QED) is 0.672. The molecule has 25 heavy (non-hydrogen) atoms. The van der Waals surface area contributed by atoms with Gasteiger partial charge in [-0.3, -0.25) is 4.90 Å². The summed E-state index contributed by atoms with van der Waals surface area (Å²) in [5, 5.41) is 0. The molecule has 3 aromatic rings. The van der Waals surface area contributed by atoms with E-state index in [0.717, 1.165) is 13.1 Å². The normalized spacial score (nSPS) is 15.1. The van der Waals surface area contributed by atoms with Gasteiger partial charge in [0.05, 0.1) is 6.04 Å². The van der Waals surface area contributed by atoms with E-state index in [1.807, 2.05) is 12.1 Å². The molecule has 0 spiro atoms. The summed E-state index contributed by atoms with van der Waals surface area (Å²) in [5.41, 5.74) is 2.52. The van der Waals surface area contributed by atoms with Gasteiger partial charge in [-0.15, -0.1) is 0 Å².